The molecule has 6 nitrogen and oxygen atoms in total. The number of nitrogens with one attached hydrogen (secondary N) is 2. The zero-order valence-electron chi connectivity index (χ0n) is 13.3. The average molecular weight is 300 g/mol. The van der Waals surface area contributed by atoms with Crippen LogP contribution in [0.1, 0.15) is 52.9 Å². The first-order chi connectivity index (χ1) is 9.87. The molecule has 0 radical (unpaired) electrons. The lowest BCUT2D eigenvalue weighted by molar-refractivity contribution is -0.137. The van der Waals surface area contributed by atoms with E-state index in [1.807, 2.05) is 0 Å². The van der Waals surface area contributed by atoms with Gasteiger partial charge in [0.05, 0.1) is 6.10 Å². The first-order valence-electron chi connectivity index (χ1n) is 7.75. The van der Waals surface area contributed by atoms with E-state index in [0.717, 1.165) is 25.9 Å². The Morgan fingerprint density at radius 3 is 2.62 bits per heavy atom. The summed E-state index contributed by atoms with van der Waals surface area (Å²) in [4.78, 5) is 22.1. The molecule has 0 bridgehead atoms. The number of unbranched alkanes of at least 4 members (excludes halogenated alkanes) is 1. The molecule has 0 aromatic heterocycles. The number of aliphatic carboxylic acids is 1. The number of hydrogen-bond acceptors (Lipinski definition) is 3. The monoisotopic (exact) mass is 300 g/mol. The van der Waals surface area contributed by atoms with Crippen LogP contribution < -0.4 is 10.6 Å². The van der Waals surface area contributed by atoms with E-state index in [4.69, 9.17) is 9.84 Å². The summed E-state index contributed by atoms with van der Waals surface area (Å²) in [7, 11) is 0. The first-order valence-corrected chi connectivity index (χ1v) is 7.75. The predicted octanol–water partition coefficient (Wildman–Crippen LogP) is 2.13. The minimum atomic E-state index is -0.843. The van der Waals surface area contributed by atoms with Gasteiger partial charge in [0.25, 0.3) is 0 Å². The van der Waals surface area contributed by atoms with Crippen LogP contribution in [-0.4, -0.2) is 42.4 Å². The molecule has 2 amide bonds. The first kappa shape index (κ1) is 17.8. The lowest BCUT2D eigenvalue weighted by Gasteiger charge is -2.51. The average Bonchev–Trinajstić information content (AvgIpc) is 2.41. The predicted molar refractivity (Wildman–Crippen MR) is 80.2 cm³/mol. The zero-order valence-corrected chi connectivity index (χ0v) is 13.3. The van der Waals surface area contributed by atoms with Crippen LogP contribution in [0, 0.1) is 5.41 Å². The largest absolute Gasteiger partial charge is 0.481 e. The minimum Gasteiger partial charge on any atom is -0.481 e. The molecule has 2 atom stereocenters. The third-order valence-corrected chi connectivity index (χ3v) is 4.15. The highest BCUT2D eigenvalue weighted by Gasteiger charge is 2.49. The molecule has 0 aromatic carbocycles. The van der Waals surface area contributed by atoms with E-state index in [1.165, 1.54) is 0 Å². The van der Waals surface area contributed by atoms with Gasteiger partial charge in [-0.2, -0.15) is 0 Å². The molecule has 3 N–H and O–H groups in total. The molecule has 2 unspecified atom stereocenters. The van der Waals surface area contributed by atoms with Crippen LogP contribution in [0.3, 0.4) is 0 Å². The van der Waals surface area contributed by atoms with Crippen LogP contribution >= 0.6 is 0 Å². The number of rotatable bonds is 9. The summed E-state index contributed by atoms with van der Waals surface area (Å²) >= 11 is 0. The maximum atomic E-state index is 11.7. The Labute approximate surface area is 126 Å². The molecule has 0 aromatic rings. The molecule has 1 fully saturated rings. The van der Waals surface area contributed by atoms with Crippen molar-refractivity contribution < 1.29 is 19.4 Å². The number of carbonyl (C=O) groups is 2. The second kappa shape index (κ2) is 8.22. The number of carbonyl (C=O) groups excluding carboxylic acids is 1. The Kier molecular flexibility index (Phi) is 6.95. The Hall–Kier alpha value is -1.30. The van der Waals surface area contributed by atoms with Crippen LogP contribution in [-0.2, 0) is 9.53 Å². The van der Waals surface area contributed by atoms with Gasteiger partial charge in [-0.05, 0) is 19.3 Å². The van der Waals surface area contributed by atoms with E-state index in [2.05, 4.69) is 31.4 Å². The van der Waals surface area contributed by atoms with Gasteiger partial charge in [0.15, 0.2) is 0 Å². The molecule has 1 rings (SSSR count). The van der Waals surface area contributed by atoms with Crippen molar-refractivity contribution in [2.75, 3.05) is 13.2 Å². The highest BCUT2D eigenvalue weighted by atomic mass is 16.5. The Morgan fingerprint density at radius 2 is 2.05 bits per heavy atom. The van der Waals surface area contributed by atoms with E-state index < -0.39 is 5.97 Å². The summed E-state index contributed by atoms with van der Waals surface area (Å²) in [5, 5.41) is 14.1. The fourth-order valence-corrected chi connectivity index (χ4v) is 2.43. The number of carboxylic acids is 1. The van der Waals surface area contributed by atoms with Crippen molar-refractivity contribution >= 4 is 12.0 Å². The topological polar surface area (TPSA) is 87.7 Å². The van der Waals surface area contributed by atoms with Crippen molar-refractivity contribution in [3.05, 3.63) is 0 Å². The van der Waals surface area contributed by atoms with E-state index in [1.54, 1.807) is 0 Å². The number of hydrogen-bond donors (Lipinski definition) is 3. The fourth-order valence-electron chi connectivity index (χ4n) is 2.43. The molecular formula is C15H28N2O4. The molecule has 1 aliphatic rings. The second-order valence-corrected chi connectivity index (χ2v) is 6.22. The van der Waals surface area contributed by atoms with Gasteiger partial charge in [0.2, 0.25) is 0 Å². The van der Waals surface area contributed by atoms with Gasteiger partial charge in [-0.1, -0.05) is 27.2 Å². The van der Waals surface area contributed by atoms with Crippen LogP contribution in [0.15, 0.2) is 0 Å². The summed E-state index contributed by atoms with van der Waals surface area (Å²) in [6, 6.07) is -0.130. The summed E-state index contributed by atoms with van der Waals surface area (Å²) < 4.78 is 5.83. The number of urea groups is 1. The van der Waals surface area contributed by atoms with Crippen LogP contribution in [0.5, 0.6) is 0 Å². The molecule has 0 heterocycles. The molecular weight excluding hydrogens is 272 g/mol. The maximum Gasteiger partial charge on any atom is 0.315 e. The van der Waals surface area contributed by atoms with E-state index in [-0.39, 0.29) is 30.0 Å². The summed E-state index contributed by atoms with van der Waals surface area (Å²) in [5.41, 5.74) is -0.0633. The molecule has 6 heteroatoms. The number of ether oxygens (including phenoxy) is 1. The van der Waals surface area contributed by atoms with Crippen molar-refractivity contribution in [3.63, 3.8) is 0 Å². The van der Waals surface area contributed by atoms with Crippen molar-refractivity contribution in [2.24, 2.45) is 5.41 Å². The van der Waals surface area contributed by atoms with Gasteiger partial charge in [-0.3, -0.25) is 4.79 Å². The lowest BCUT2D eigenvalue weighted by atomic mass is 9.64. The summed E-state index contributed by atoms with van der Waals surface area (Å²) in [6.45, 7) is 7.49. The molecule has 0 spiro atoms. The standard InChI is InChI=1S/C15H28N2O4/c1-4-5-9-21-12-10-11(15(12,2)3)17-14(20)16-8-6-7-13(18)19/h11-12H,4-10H2,1-3H3,(H,18,19)(H2,16,17,20). The Bertz CT molecular complexity index is 358. The van der Waals surface area contributed by atoms with Crippen molar-refractivity contribution in [1.29, 1.82) is 0 Å². The highest BCUT2D eigenvalue weighted by molar-refractivity contribution is 5.74. The Balaban J connectivity index is 2.20. The molecule has 122 valence electrons. The van der Waals surface area contributed by atoms with Crippen LogP contribution in [0.25, 0.3) is 0 Å². The SMILES string of the molecule is CCCCOC1CC(NC(=O)NCCCC(=O)O)C1(C)C. The van der Waals surface area contributed by atoms with Crippen LogP contribution in [0.2, 0.25) is 0 Å². The maximum absolute atomic E-state index is 11.7. The van der Waals surface area contributed by atoms with Crippen LogP contribution in [0.4, 0.5) is 4.79 Å². The second-order valence-electron chi connectivity index (χ2n) is 6.22. The van der Waals surface area contributed by atoms with Crippen molar-refractivity contribution in [3.8, 4) is 0 Å². The van der Waals surface area contributed by atoms with Gasteiger partial charge in [0, 0.05) is 31.0 Å². The molecule has 0 aliphatic heterocycles. The smallest absolute Gasteiger partial charge is 0.315 e. The lowest BCUT2D eigenvalue weighted by Crippen LogP contribution is -2.63. The van der Waals surface area contributed by atoms with Gasteiger partial charge in [-0.15, -0.1) is 0 Å². The quantitative estimate of drug-likeness (QED) is 0.569. The van der Waals surface area contributed by atoms with E-state index in [0.29, 0.717) is 13.0 Å². The van der Waals surface area contributed by atoms with Gasteiger partial charge in [-0.25, -0.2) is 4.79 Å². The third kappa shape index (κ3) is 5.53. The summed E-state index contributed by atoms with van der Waals surface area (Å²) in [5.74, 6) is -0.843. The number of amides is 2. The summed E-state index contributed by atoms with van der Waals surface area (Å²) in [6.07, 6.45) is 3.73. The number of carboxylic acid groups (broad SMARTS) is 1. The normalized spacial score (nSPS) is 23.2. The van der Waals surface area contributed by atoms with Gasteiger partial charge < -0.3 is 20.5 Å². The van der Waals surface area contributed by atoms with E-state index >= 15 is 0 Å². The van der Waals surface area contributed by atoms with Crippen molar-refractivity contribution in [1.82, 2.24) is 10.6 Å². The van der Waals surface area contributed by atoms with Gasteiger partial charge >= 0.3 is 12.0 Å². The fraction of sp³-hybridized carbons (Fsp3) is 0.867. The molecule has 1 saturated carbocycles. The van der Waals surface area contributed by atoms with Crippen molar-refractivity contribution in [2.45, 2.75) is 65.0 Å². The highest BCUT2D eigenvalue weighted by Crippen LogP contribution is 2.42. The van der Waals surface area contributed by atoms with Gasteiger partial charge in [0.1, 0.15) is 0 Å². The minimum absolute atomic E-state index is 0.0633. The third-order valence-electron chi connectivity index (χ3n) is 4.15. The molecule has 0 saturated heterocycles. The zero-order chi connectivity index (χ0) is 15.9. The molecule has 21 heavy (non-hydrogen) atoms. The Morgan fingerprint density at radius 1 is 1.33 bits per heavy atom. The molecule has 1 aliphatic carbocycles. The van der Waals surface area contributed by atoms with E-state index in [9.17, 15) is 9.59 Å².